The first-order valence-corrected chi connectivity index (χ1v) is 16.5. The summed E-state index contributed by atoms with van der Waals surface area (Å²) < 4.78 is 35.6. The third-order valence-corrected chi connectivity index (χ3v) is 11.3. The van der Waals surface area contributed by atoms with Crippen LogP contribution in [0.3, 0.4) is 0 Å². The van der Waals surface area contributed by atoms with Crippen LogP contribution in [-0.4, -0.2) is 130 Å². The van der Waals surface area contributed by atoms with E-state index in [1.807, 2.05) is 0 Å². The first-order valence-electron chi connectivity index (χ1n) is 16.5. The van der Waals surface area contributed by atoms with Gasteiger partial charge in [0, 0.05) is 42.9 Å². The van der Waals surface area contributed by atoms with Crippen molar-refractivity contribution in [3.8, 4) is 11.5 Å². The number of benzene rings is 2. The van der Waals surface area contributed by atoms with Crippen molar-refractivity contribution in [3.63, 3.8) is 0 Å². The summed E-state index contributed by atoms with van der Waals surface area (Å²) in [6.45, 7) is 6.01. The zero-order valence-electron chi connectivity index (χ0n) is 28.7. The number of rotatable bonds is 5. The van der Waals surface area contributed by atoms with Crippen molar-refractivity contribution in [1.29, 1.82) is 0 Å². The maximum absolute atomic E-state index is 14.6. The van der Waals surface area contributed by atoms with Gasteiger partial charge in [0.15, 0.2) is 12.1 Å². The number of carbonyl (C=O) groups excluding carboxylic acids is 2. The van der Waals surface area contributed by atoms with Crippen LogP contribution in [0.2, 0.25) is 0 Å². The van der Waals surface area contributed by atoms with Crippen LogP contribution in [0.1, 0.15) is 82.3 Å². The van der Waals surface area contributed by atoms with E-state index in [0.29, 0.717) is 5.56 Å². The molecular weight excluding hydrogens is 658 g/mol. The third kappa shape index (κ3) is 4.70. The molecule has 5 aliphatic rings. The van der Waals surface area contributed by atoms with Gasteiger partial charge >= 0.3 is 0 Å². The summed E-state index contributed by atoms with van der Waals surface area (Å²) in [4.78, 5) is 28.7. The molecule has 3 heterocycles. The zero-order chi connectivity index (χ0) is 36.4. The Morgan fingerprint density at radius 3 is 2.26 bits per heavy atom. The Balaban J connectivity index is 1.37. The lowest BCUT2D eigenvalue weighted by molar-refractivity contribution is -0.345. The molecule has 2 fully saturated rings. The van der Waals surface area contributed by atoms with Gasteiger partial charge in [0.1, 0.15) is 59.3 Å². The molecule has 0 radical (unpaired) electrons. The molecule has 7 N–H and O–H groups in total. The van der Waals surface area contributed by atoms with E-state index in [2.05, 4.69) is 5.32 Å². The van der Waals surface area contributed by atoms with Gasteiger partial charge in [-0.1, -0.05) is 6.07 Å². The number of aliphatic hydroxyl groups excluding tert-OH is 3. The topological polar surface area (TPSA) is 223 Å². The highest BCUT2D eigenvalue weighted by Crippen LogP contribution is 2.53. The molecule has 2 aliphatic carbocycles. The molecule has 2 bridgehead atoms. The van der Waals surface area contributed by atoms with Crippen molar-refractivity contribution in [2.75, 3.05) is 21.3 Å². The van der Waals surface area contributed by atoms with Crippen LogP contribution in [0.4, 0.5) is 0 Å². The summed E-state index contributed by atoms with van der Waals surface area (Å²) >= 11 is 0. The number of hydrogen-bond acceptors (Lipinski definition) is 15. The average Bonchev–Trinajstić information content (AvgIpc) is 3.04. The Kier molecular flexibility index (Phi) is 8.29. The van der Waals surface area contributed by atoms with Gasteiger partial charge in [0.2, 0.25) is 12.1 Å². The summed E-state index contributed by atoms with van der Waals surface area (Å²) in [6.07, 6.45) is -11.4. The molecular formula is C35H43NO14. The number of ether oxygens (including phenoxy) is 6. The van der Waals surface area contributed by atoms with Gasteiger partial charge in [-0.05, 0) is 52.4 Å². The van der Waals surface area contributed by atoms with Crippen molar-refractivity contribution in [1.82, 2.24) is 5.32 Å². The number of aliphatic hydroxyl groups is 5. The molecule has 15 nitrogen and oxygen atoms in total. The van der Waals surface area contributed by atoms with Crippen molar-refractivity contribution in [2.45, 2.75) is 112 Å². The van der Waals surface area contributed by atoms with E-state index in [-0.39, 0.29) is 45.6 Å². The Bertz CT molecular complexity index is 1760. The second kappa shape index (κ2) is 11.7. The number of nitrogens with one attached hydrogen (secondary N) is 1. The Morgan fingerprint density at radius 2 is 1.62 bits per heavy atom. The fourth-order valence-electron chi connectivity index (χ4n) is 8.59. The highest BCUT2D eigenvalue weighted by molar-refractivity contribution is 6.30. The molecule has 2 aromatic rings. The SMILES string of the molecule is CN[C@H]1[C@H](O)[C@H]2Oc3c(ccc4c3C(=O)c3c(cc5c(c3O)[C@@H](O[C@@H]3O[C@H](C)[C@@H](O)[C@](C)(O)[C@@H]3OC)[C@@H](OC)[C@](C)(O)C5)C4=O)[C@](C)(O2)[C@H]1O. The number of hydrogen-bond donors (Lipinski definition) is 7. The van der Waals surface area contributed by atoms with E-state index in [1.54, 1.807) is 14.0 Å². The van der Waals surface area contributed by atoms with E-state index < -0.39 is 95.5 Å². The van der Waals surface area contributed by atoms with Crippen LogP contribution < -0.4 is 10.1 Å². The lowest BCUT2D eigenvalue weighted by Crippen LogP contribution is -2.68. The van der Waals surface area contributed by atoms with Gasteiger partial charge in [-0.15, -0.1) is 0 Å². The fourth-order valence-corrected chi connectivity index (χ4v) is 8.59. The number of likely N-dealkylation sites (N-methyl/N-ethyl adjacent to an activating group) is 1. The zero-order valence-corrected chi connectivity index (χ0v) is 28.7. The summed E-state index contributed by atoms with van der Waals surface area (Å²) in [5.41, 5.74) is -4.93. The molecule has 2 saturated heterocycles. The van der Waals surface area contributed by atoms with Crippen molar-refractivity contribution in [3.05, 3.63) is 57.1 Å². The lowest BCUT2D eigenvalue weighted by atomic mass is 9.71. The smallest absolute Gasteiger partial charge is 0.228 e. The fraction of sp³-hybridized carbons (Fsp3) is 0.600. The van der Waals surface area contributed by atoms with Crippen LogP contribution in [-0.2, 0) is 35.7 Å². The molecule has 50 heavy (non-hydrogen) atoms. The van der Waals surface area contributed by atoms with Gasteiger partial charge in [-0.2, -0.15) is 0 Å². The van der Waals surface area contributed by atoms with Crippen LogP contribution >= 0.6 is 0 Å². The Labute approximate surface area is 287 Å². The Morgan fingerprint density at radius 1 is 0.940 bits per heavy atom. The number of phenols is 1. The highest BCUT2D eigenvalue weighted by Gasteiger charge is 2.59. The van der Waals surface area contributed by atoms with E-state index >= 15 is 0 Å². The van der Waals surface area contributed by atoms with E-state index in [4.69, 9.17) is 28.4 Å². The van der Waals surface area contributed by atoms with E-state index in [9.17, 15) is 40.2 Å². The third-order valence-electron chi connectivity index (χ3n) is 11.3. The molecule has 0 saturated carbocycles. The lowest BCUT2D eigenvalue weighted by Gasteiger charge is -2.52. The maximum atomic E-state index is 14.6. The second-order valence-electron chi connectivity index (χ2n) is 14.5. The summed E-state index contributed by atoms with van der Waals surface area (Å²) in [5.74, 6) is -2.03. The minimum atomic E-state index is -1.84. The van der Waals surface area contributed by atoms with Gasteiger partial charge in [-0.3, -0.25) is 9.59 Å². The maximum Gasteiger partial charge on any atom is 0.228 e. The first-order chi connectivity index (χ1) is 23.4. The number of fused-ring (bicyclic) bond motifs is 8. The van der Waals surface area contributed by atoms with Crippen molar-refractivity contribution in [2.24, 2.45) is 0 Å². The number of phenolic OH excluding ortho intramolecular Hbond substituents is 1. The molecule has 7 rings (SSSR count). The molecule has 272 valence electrons. The molecule has 2 aromatic carbocycles. The molecule has 0 unspecified atom stereocenters. The summed E-state index contributed by atoms with van der Waals surface area (Å²) in [5, 5.41) is 70.6. The molecule has 15 heteroatoms. The summed E-state index contributed by atoms with van der Waals surface area (Å²) in [7, 11) is 4.21. The van der Waals surface area contributed by atoms with Crippen molar-refractivity contribution < 1.29 is 68.6 Å². The van der Waals surface area contributed by atoms with E-state index in [1.165, 1.54) is 53.2 Å². The largest absolute Gasteiger partial charge is 0.507 e. The van der Waals surface area contributed by atoms with Crippen LogP contribution in [0.15, 0.2) is 18.2 Å². The number of methoxy groups -OCH3 is 2. The monoisotopic (exact) mass is 701 g/mol. The van der Waals surface area contributed by atoms with Crippen LogP contribution in [0.25, 0.3) is 0 Å². The molecule has 3 aliphatic heterocycles. The molecule has 0 amide bonds. The number of ketones is 2. The van der Waals surface area contributed by atoms with Crippen LogP contribution in [0.5, 0.6) is 11.5 Å². The van der Waals surface area contributed by atoms with Gasteiger partial charge in [-0.25, -0.2) is 0 Å². The van der Waals surface area contributed by atoms with Crippen molar-refractivity contribution >= 4 is 11.6 Å². The normalized spacial score (nSPS) is 41.8. The van der Waals surface area contributed by atoms with E-state index in [0.717, 1.165) is 0 Å². The predicted octanol–water partition coefficient (Wildman–Crippen LogP) is -0.307. The molecule has 0 spiro atoms. The average molecular weight is 702 g/mol. The summed E-state index contributed by atoms with van der Waals surface area (Å²) in [6, 6.07) is 3.58. The Hall–Kier alpha value is -3.06. The second-order valence-corrected chi connectivity index (χ2v) is 14.5. The van der Waals surface area contributed by atoms with Crippen LogP contribution in [0, 0.1) is 0 Å². The number of aromatic hydroxyl groups is 1. The molecule has 0 aromatic heterocycles. The predicted molar refractivity (Wildman–Crippen MR) is 170 cm³/mol. The minimum absolute atomic E-state index is 0.0169. The van der Waals surface area contributed by atoms with Gasteiger partial charge in [0.25, 0.3) is 0 Å². The van der Waals surface area contributed by atoms with Gasteiger partial charge in [0.05, 0.1) is 28.9 Å². The number of carbonyl (C=O) groups is 2. The van der Waals surface area contributed by atoms with Gasteiger partial charge < -0.3 is 64.4 Å². The first kappa shape index (κ1) is 35.3. The minimum Gasteiger partial charge on any atom is -0.507 e. The quantitative estimate of drug-likeness (QED) is 0.181. The highest BCUT2D eigenvalue weighted by atomic mass is 16.7. The molecule has 13 atom stereocenters. The standard InChI is InChI=1S/C35H43NO14/c1-12-27(41)34(3,44)30(46-7)32(47-12)49-26-17-13(11-33(2,43)29(26)45-6)10-15-18(22(17)38)23(39)19-14(21(15)37)8-9-16-25(19)48-31-24(40)20(36-5)28(42)35(16,4)50-31/h8-10,12,20,24,26-32,36,38,40-44H,11H2,1-7H3/t12-,20+,24+,26-,27-,28+,29-,30-,31+,32+,33-,34+,35+/m1/s1.